The molecule has 2 amide bonds. The zero-order chi connectivity index (χ0) is 24.5. The van der Waals surface area contributed by atoms with Crippen LogP contribution in [0.5, 0.6) is 0 Å². The molecule has 4 N–H and O–H groups in total. The van der Waals surface area contributed by atoms with Crippen molar-refractivity contribution in [2.45, 2.75) is 43.7 Å². The molecule has 0 aliphatic heterocycles. The van der Waals surface area contributed by atoms with Crippen molar-refractivity contribution in [3.63, 3.8) is 0 Å². The molecule has 184 valence electrons. The molecular formula is C27H30N2O6. The zero-order valence-electron chi connectivity index (χ0n) is 19.4. The summed E-state index contributed by atoms with van der Waals surface area (Å²) in [7, 11) is 0. The molecule has 2 fully saturated rings. The Morgan fingerprint density at radius 2 is 1.63 bits per heavy atom. The quantitative estimate of drug-likeness (QED) is 0.462. The molecule has 0 bridgehead atoms. The Hall–Kier alpha value is -3.39. The van der Waals surface area contributed by atoms with Gasteiger partial charge in [-0.15, -0.1) is 0 Å². The van der Waals surface area contributed by atoms with Crippen LogP contribution in [-0.4, -0.2) is 53.5 Å². The second-order valence-electron chi connectivity index (χ2n) is 9.82. The molecule has 0 radical (unpaired) electrons. The Morgan fingerprint density at radius 1 is 0.971 bits per heavy atom. The predicted molar refractivity (Wildman–Crippen MR) is 128 cm³/mol. The predicted octanol–water partition coefficient (Wildman–Crippen LogP) is 2.89. The number of aliphatic hydroxyl groups excluding tert-OH is 1. The number of carboxylic acid groups (broad SMARTS) is 1. The van der Waals surface area contributed by atoms with E-state index in [9.17, 15) is 19.5 Å². The van der Waals surface area contributed by atoms with Gasteiger partial charge in [-0.25, -0.2) is 9.59 Å². The number of rotatable bonds is 8. The first kappa shape index (κ1) is 23.4. The number of nitrogens with one attached hydrogen (secondary N) is 2. The molecule has 2 aromatic carbocycles. The highest BCUT2D eigenvalue weighted by Gasteiger charge is 2.50. The zero-order valence-corrected chi connectivity index (χ0v) is 19.4. The van der Waals surface area contributed by atoms with Crippen LogP contribution < -0.4 is 10.6 Å². The maximum atomic E-state index is 12.6. The first-order chi connectivity index (χ1) is 17.0. The van der Waals surface area contributed by atoms with Crippen LogP contribution in [0.1, 0.15) is 42.7 Å². The molecule has 3 aliphatic rings. The SMILES string of the molecule is O=C(N[C@H]1C[C@H]2CC(C(=O)N[C@@H](CCO)C(=O)O)C[C@H]21)OCC1c2ccccc2-c2ccccc21. The molecule has 35 heavy (non-hydrogen) atoms. The Bertz CT molecular complexity index is 1090. The second-order valence-corrected chi connectivity index (χ2v) is 9.82. The lowest BCUT2D eigenvalue weighted by Gasteiger charge is -2.40. The van der Waals surface area contributed by atoms with E-state index in [2.05, 4.69) is 34.9 Å². The third kappa shape index (κ3) is 4.50. The summed E-state index contributed by atoms with van der Waals surface area (Å²) in [4.78, 5) is 36.4. The topological polar surface area (TPSA) is 125 Å². The molecular weight excluding hydrogens is 448 g/mol. The minimum absolute atomic E-state index is 0.00273. The summed E-state index contributed by atoms with van der Waals surface area (Å²) in [6.45, 7) is -0.0492. The molecule has 0 saturated heterocycles. The average Bonchev–Trinajstić information content (AvgIpc) is 3.36. The smallest absolute Gasteiger partial charge is 0.407 e. The lowest BCUT2D eigenvalue weighted by Crippen LogP contribution is -2.50. The first-order valence-electron chi connectivity index (χ1n) is 12.2. The second kappa shape index (κ2) is 9.70. The highest BCUT2D eigenvalue weighted by atomic mass is 16.5. The number of hydrogen-bond acceptors (Lipinski definition) is 5. The maximum Gasteiger partial charge on any atom is 0.407 e. The third-order valence-electron chi connectivity index (χ3n) is 7.87. The summed E-state index contributed by atoms with van der Waals surface area (Å²) in [5.74, 6) is -1.19. The summed E-state index contributed by atoms with van der Waals surface area (Å²) < 4.78 is 5.66. The minimum atomic E-state index is -1.15. The summed E-state index contributed by atoms with van der Waals surface area (Å²) in [5, 5.41) is 23.7. The van der Waals surface area contributed by atoms with Crippen LogP contribution in [0.3, 0.4) is 0 Å². The number of aliphatic hydroxyl groups is 1. The van der Waals surface area contributed by atoms with Gasteiger partial charge >= 0.3 is 12.1 Å². The molecule has 0 aromatic heterocycles. The van der Waals surface area contributed by atoms with Gasteiger partial charge in [0.15, 0.2) is 0 Å². The molecule has 8 nitrogen and oxygen atoms in total. The molecule has 3 aliphatic carbocycles. The number of ether oxygens (including phenoxy) is 1. The van der Waals surface area contributed by atoms with E-state index < -0.39 is 18.1 Å². The summed E-state index contributed by atoms with van der Waals surface area (Å²) in [6.07, 6.45) is 1.61. The van der Waals surface area contributed by atoms with E-state index in [4.69, 9.17) is 9.84 Å². The van der Waals surface area contributed by atoms with Gasteiger partial charge in [0.1, 0.15) is 12.6 Å². The largest absolute Gasteiger partial charge is 0.480 e. The fourth-order valence-electron chi connectivity index (χ4n) is 6.07. The molecule has 5 rings (SSSR count). The van der Waals surface area contributed by atoms with Crippen molar-refractivity contribution in [2.75, 3.05) is 13.2 Å². The lowest BCUT2D eigenvalue weighted by atomic mass is 9.71. The first-order valence-corrected chi connectivity index (χ1v) is 12.2. The van der Waals surface area contributed by atoms with Gasteiger partial charge in [0.05, 0.1) is 0 Å². The number of alkyl carbamates (subject to hydrolysis) is 1. The number of carboxylic acids is 1. The van der Waals surface area contributed by atoms with Crippen LogP contribution in [0.2, 0.25) is 0 Å². The molecule has 0 heterocycles. The van der Waals surface area contributed by atoms with Gasteiger partial charge in [-0.2, -0.15) is 0 Å². The number of fused-ring (bicyclic) bond motifs is 4. The molecule has 5 atom stereocenters. The van der Waals surface area contributed by atoms with Crippen molar-refractivity contribution in [3.05, 3.63) is 59.7 Å². The lowest BCUT2D eigenvalue weighted by molar-refractivity contribution is -0.142. The van der Waals surface area contributed by atoms with Gasteiger partial charge in [-0.1, -0.05) is 48.5 Å². The maximum absolute atomic E-state index is 12.6. The fraction of sp³-hybridized carbons (Fsp3) is 0.444. The van der Waals surface area contributed by atoms with Gasteiger partial charge in [-0.3, -0.25) is 4.79 Å². The van der Waals surface area contributed by atoms with Crippen molar-refractivity contribution in [1.29, 1.82) is 0 Å². The highest BCUT2D eigenvalue weighted by molar-refractivity contribution is 5.85. The van der Waals surface area contributed by atoms with Crippen molar-refractivity contribution in [3.8, 4) is 11.1 Å². The van der Waals surface area contributed by atoms with Crippen molar-refractivity contribution >= 4 is 18.0 Å². The standard InChI is InChI=1S/C27H30N2O6/c30-10-9-23(26(32)33)28-25(31)16-11-15-13-24(21(15)12-16)29-27(34)35-14-22-19-7-3-1-5-17(19)18-6-2-4-8-20(18)22/h1-8,15-16,21-24,30H,9-14H2,(H,28,31)(H,29,34)(H,32,33)/t15-,16?,21-,23+,24+/m1/s1. The number of carbonyl (C=O) groups excluding carboxylic acids is 2. The van der Waals surface area contributed by atoms with E-state index in [0.29, 0.717) is 18.8 Å². The van der Waals surface area contributed by atoms with Crippen LogP contribution in [0.15, 0.2) is 48.5 Å². The summed E-state index contributed by atoms with van der Waals surface area (Å²) in [6, 6.07) is 15.3. The van der Waals surface area contributed by atoms with Crippen LogP contribution in [-0.2, 0) is 14.3 Å². The van der Waals surface area contributed by atoms with Crippen molar-refractivity contribution in [2.24, 2.45) is 17.8 Å². The van der Waals surface area contributed by atoms with Crippen LogP contribution in [0, 0.1) is 17.8 Å². The van der Waals surface area contributed by atoms with E-state index in [1.165, 1.54) is 11.1 Å². The Labute approximate surface area is 203 Å². The molecule has 0 spiro atoms. The van der Waals surface area contributed by atoms with E-state index in [1.807, 2.05) is 24.3 Å². The van der Waals surface area contributed by atoms with Crippen LogP contribution in [0.25, 0.3) is 11.1 Å². The van der Waals surface area contributed by atoms with Gasteiger partial charge in [0, 0.05) is 30.9 Å². The minimum Gasteiger partial charge on any atom is -0.480 e. The molecule has 2 aromatic rings. The Balaban J connectivity index is 1.13. The van der Waals surface area contributed by atoms with Crippen LogP contribution in [0.4, 0.5) is 4.79 Å². The Kier molecular flexibility index (Phi) is 6.47. The van der Waals surface area contributed by atoms with Crippen LogP contribution >= 0.6 is 0 Å². The summed E-state index contributed by atoms with van der Waals surface area (Å²) in [5.41, 5.74) is 4.68. The normalized spacial score (nSPS) is 24.9. The highest BCUT2D eigenvalue weighted by Crippen LogP contribution is 2.50. The van der Waals surface area contributed by atoms with Gasteiger partial charge in [-0.05, 0) is 53.4 Å². The van der Waals surface area contributed by atoms with E-state index in [0.717, 1.165) is 17.5 Å². The summed E-state index contributed by atoms with van der Waals surface area (Å²) >= 11 is 0. The van der Waals surface area contributed by atoms with E-state index in [1.54, 1.807) is 0 Å². The van der Waals surface area contributed by atoms with Crippen molar-refractivity contribution in [1.82, 2.24) is 10.6 Å². The molecule has 2 saturated carbocycles. The number of amides is 2. The van der Waals surface area contributed by atoms with Crippen molar-refractivity contribution < 1.29 is 29.3 Å². The number of carbonyl (C=O) groups is 3. The number of benzene rings is 2. The third-order valence-corrected chi connectivity index (χ3v) is 7.87. The van der Waals surface area contributed by atoms with Gasteiger partial charge in [0.2, 0.25) is 5.91 Å². The molecule has 8 heteroatoms. The van der Waals surface area contributed by atoms with E-state index in [-0.39, 0.29) is 49.3 Å². The number of aliphatic carboxylic acids is 1. The Morgan fingerprint density at radius 3 is 2.26 bits per heavy atom. The van der Waals surface area contributed by atoms with E-state index >= 15 is 0 Å². The number of hydrogen-bond donors (Lipinski definition) is 4. The monoisotopic (exact) mass is 478 g/mol. The molecule has 1 unspecified atom stereocenters. The average molecular weight is 479 g/mol. The van der Waals surface area contributed by atoms with Gasteiger partial charge in [0.25, 0.3) is 0 Å². The fourth-order valence-corrected chi connectivity index (χ4v) is 6.07. The van der Waals surface area contributed by atoms with Gasteiger partial charge < -0.3 is 25.6 Å².